The molecule has 6 N–H and O–H groups in total. The molecule has 0 aromatic heterocycles. The zero-order valence-corrected chi connectivity index (χ0v) is 25.4. The van der Waals surface area contributed by atoms with E-state index in [1.807, 2.05) is 13.8 Å². The maximum Gasteiger partial charge on any atom is 0.187 e. The molecule has 0 aromatic rings. The number of aliphatic hydroxyl groups excluding tert-OH is 5. The van der Waals surface area contributed by atoms with Crippen LogP contribution in [0.3, 0.4) is 0 Å². The molecule has 1 aliphatic heterocycles. The molecule has 3 saturated carbocycles. The number of hydrogen-bond donors (Lipinski definition) is 6. The first-order valence-corrected chi connectivity index (χ1v) is 15.7. The lowest BCUT2D eigenvalue weighted by atomic mass is 9.60. The van der Waals surface area contributed by atoms with Crippen molar-refractivity contribution in [2.75, 3.05) is 6.61 Å². The van der Waals surface area contributed by atoms with Gasteiger partial charge in [0, 0.05) is 6.42 Å². The summed E-state index contributed by atoms with van der Waals surface area (Å²) in [7, 11) is 0. The number of hydrogen-bond acceptors (Lipinski definition) is 8. The summed E-state index contributed by atoms with van der Waals surface area (Å²) >= 11 is 0. The zero-order chi connectivity index (χ0) is 30.1. The van der Waals surface area contributed by atoms with Crippen molar-refractivity contribution in [1.29, 1.82) is 0 Å². The summed E-state index contributed by atoms with van der Waals surface area (Å²) in [5.74, 6) is 1.84. The van der Waals surface area contributed by atoms with Gasteiger partial charge < -0.3 is 40.1 Å². The van der Waals surface area contributed by atoms with E-state index in [-0.39, 0.29) is 11.8 Å². The normalized spacial score (nSPS) is 43.0. The number of aliphatic hydroxyl groups is 6. The molecular formula is C33H54O8. The molecule has 8 nitrogen and oxygen atoms in total. The molecule has 4 rings (SSSR count). The average Bonchev–Trinajstić information content (AvgIpc) is 3.26. The summed E-state index contributed by atoms with van der Waals surface area (Å²) in [6.45, 7) is 12.4. The van der Waals surface area contributed by atoms with Crippen LogP contribution in [-0.4, -0.2) is 85.8 Å². The van der Waals surface area contributed by atoms with Crippen LogP contribution in [0, 0.1) is 23.2 Å². The van der Waals surface area contributed by atoms with Crippen LogP contribution in [0.1, 0.15) is 91.9 Å². The molecule has 234 valence electrons. The summed E-state index contributed by atoms with van der Waals surface area (Å²) in [4.78, 5) is 0. The first-order valence-electron chi connectivity index (χ1n) is 15.7. The minimum absolute atomic E-state index is 0.272. The number of allylic oxidation sites excluding steroid dienone is 3. The van der Waals surface area contributed by atoms with E-state index in [9.17, 15) is 30.6 Å². The molecule has 41 heavy (non-hydrogen) atoms. The average molecular weight is 579 g/mol. The van der Waals surface area contributed by atoms with Gasteiger partial charge >= 0.3 is 0 Å². The van der Waals surface area contributed by atoms with Crippen molar-refractivity contribution >= 4 is 0 Å². The van der Waals surface area contributed by atoms with Crippen LogP contribution in [0.4, 0.5) is 0 Å². The van der Waals surface area contributed by atoms with Crippen molar-refractivity contribution in [1.82, 2.24) is 0 Å². The highest BCUT2D eigenvalue weighted by atomic mass is 16.7. The predicted molar refractivity (Wildman–Crippen MR) is 157 cm³/mol. The van der Waals surface area contributed by atoms with Crippen molar-refractivity contribution in [3.8, 4) is 0 Å². The molecule has 8 heteroatoms. The van der Waals surface area contributed by atoms with Gasteiger partial charge in [-0.15, -0.1) is 0 Å². The highest BCUT2D eigenvalue weighted by Gasteiger charge is 2.50. The Morgan fingerprint density at radius 3 is 2.54 bits per heavy atom. The number of ether oxygens (including phenoxy) is 2. The molecule has 1 heterocycles. The van der Waals surface area contributed by atoms with Gasteiger partial charge in [0.25, 0.3) is 0 Å². The van der Waals surface area contributed by atoms with E-state index >= 15 is 0 Å². The highest BCUT2D eigenvalue weighted by molar-refractivity contribution is 5.39. The molecule has 7 unspecified atom stereocenters. The minimum atomic E-state index is -1.52. The van der Waals surface area contributed by atoms with Crippen LogP contribution in [0.15, 0.2) is 35.5 Å². The van der Waals surface area contributed by atoms with Gasteiger partial charge in [0.2, 0.25) is 0 Å². The Hall–Kier alpha value is -1.10. The zero-order valence-electron chi connectivity index (χ0n) is 25.4. The molecule has 3 aliphatic carbocycles. The van der Waals surface area contributed by atoms with Gasteiger partial charge in [-0.05, 0) is 93.1 Å². The van der Waals surface area contributed by atoms with Crippen LogP contribution in [0.2, 0.25) is 0 Å². The molecule has 0 aromatic carbocycles. The van der Waals surface area contributed by atoms with E-state index in [4.69, 9.17) is 9.47 Å². The van der Waals surface area contributed by atoms with Gasteiger partial charge in [0.1, 0.15) is 24.4 Å². The van der Waals surface area contributed by atoms with E-state index in [0.29, 0.717) is 29.7 Å². The Morgan fingerprint density at radius 2 is 1.85 bits per heavy atom. The Labute approximate surface area is 245 Å². The maximum absolute atomic E-state index is 10.7. The fourth-order valence-electron chi connectivity index (χ4n) is 8.20. The summed E-state index contributed by atoms with van der Waals surface area (Å²) in [6.07, 6.45) is 5.91. The van der Waals surface area contributed by atoms with Crippen LogP contribution >= 0.6 is 0 Å². The molecule has 1 saturated heterocycles. The number of fused-ring (bicyclic) bond motifs is 1. The second-order valence-electron chi connectivity index (χ2n) is 14.2. The topological polar surface area (TPSA) is 140 Å². The molecule has 4 fully saturated rings. The standard InChI is InChI=1S/C33H54O8/c1-19(8-6-14-32(3,4)39)24-12-13-25-21(9-7-15-33(24,25)5)10-11-22-16-23(35)17-26(20(22)2)40-31-30(38)29(37)28(36)27(18-34)41-31/h10-11,19,23-31,34-39H,2,6-9,12-18H2,1,3-5H3/b21-10-,22-11+/t19?,23-,24-,25?,26+,27?,28?,29?,30?,31?,33-/m1/s1. The molecule has 0 bridgehead atoms. The van der Waals surface area contributed by atoms with E-state index in [2.05, 4.69) is 32.6 Å². The smallest absolute Gasteiger partial charge is 0.187 e. The summed E-state index contributed by atoms with van der Waals surface area (Å²) in [5.41, 5.74) is 2.73. The van der Waals surface area contributed by atoms with Gasteiger partial charge in [-0.25, -0.2) is 0 Å². The summed E-state index contributed by atoms with van der Waals surface area (Å²) < 4.78 is 11.5. The third kappa shape index (κ3) is 7.35. The largest absolute Gasteiger partial charge is 0.394 e. The Morgan fingerprint density at radius 1 is 1.12 bits per heavy atom. The molecule has 0 radical (unpaired) electrons. The van der Waals surface area contributed by atoms with Crippen molar-refractivity contribution < 1.29 is 40.1 Å². The van der Waals surface area contributed by atoms with Crippen molar-refractivity contribution in [3.05, 3.63) is 35.5 Å². The third-order valence-electron chi connectivity index (χ3n) is 10.6. The summed E-state index contributed by atoms with van der Waals surface area (Å²) in [5, 5.41) is 61.0. The lowest BCUT2D eigenvalue weighted by Gasteiger charge is -2.44. The van der Waals surface area contributed by atoms with Crippen molar-refractivity contribution in [2.24, 2.45) is 23.2 Å². The monoisotopic (exact) mass is 578 g/mol. The molecular weight excluding hydrogens is 524 g/mol. The quantitative estimate of drug-likeness (QED) is 0.244. The predicted octanol–water partition coefficient (Wildman–Crippen LogP) is 3.53. The van der Waals surface area contributed by atoms with E-state index in [1.54, 1.807) is 0 Å². The Balaban J connectivity index is 1.44. The second kappa shape index (κ2) is 13.3. The van der Waals surface area contributed by atoms with Crippen LogP contribution in [0.25, 0.3) is 0 Å². The van der Waals surface area contributed by atoms with Crippen LogP contribution < -0.4 is 0 Å². The van der Waals surface area contributed by atoms with Gasteiger partial charge in [0.05, 0.1) is 24.4 Å². The second-order valence-corrected chi connectivity index (χ2v) is 14.2. The molecule has 4 aliphatic rings. The first kappa shape index (κ1) is 32.8. The SMILES string of the molecule is C=C1/C(=C/C=C2/CCC[C@@]3(C)C2CC[C@@H]3C(C)CCCC(C)(C)O)C[C@@H](O)C[C@@H]1OC1OC(CO)C(O)C(O)C1O. The van der Waals surface area contributed by atoms with E-state index in [0.717, 1.165) is 31.3 Å². The van der Waals surface area contributed by atoms with Crippen molar-refractivity contribution in [2.45, 2.75) is 140 Å². The molecule has 11 atom stereocenters. The van der Waals surface area contributed by atoms with Gasteiger partial charge in [-0.3, -0.25) is 0 Å². The van der Waals surface area contributed by atoms with Crippen LogP contribution in [0.5, 0.6) is 0 Å². The lowest BCUT2D eigenvalue weighted by molar-refractivity contribution is -0.309. The highest BCUT2D eigenvalue weighted by Crippen LogP contribution is 2.60. The van der Waals surface area contributed by atoms with Crippen molar-refractivity contribution in [3.63, 3.8) is 0 Å². The van der Waals surface area contributed by atoms with Crippen LogP contribution in [-0.2, 0) is 9.47 Å². The fraction of sp³-hybridized carbons (Fsp3) is 0.818. The first-order chi connectivity index (χ1) is 19.2. The summed E-state index contributed by atoms with van der Waals surface area (Å²) in [6, 6.07) is 0. The molecule has 0 amide bonds. The van der Waals surface area contributed by atoms with E-state index in [1.165, 1.54) is 31.3 Å². The number of rotatable bonds is 9. The lowest BCUT2D eigenvalue weighted by Crippen LogP contribution is -2.60. The third-order valence-corrected chi connectivity index (χ3v) is 10.6. The molecule has 0 spiro atoms. The Bertz CT molecular complexity index is 967. The maximum atomic E-state index is 10.7. The van der Waals surface area contributed by atoms with Gasteiger partial charge in [-0.2, -0.15) is 0 Å². The minimum Gasteiger partial charge on any atom is -0.394 e. The fourth-order valence-corrected chi connectivity index (χ4v) is 8.20. The van der Waals surface area contributed by atoms with E-state index < -0.39 is 55.1 Å². The van der Waals surface area contributed by atoms with Gasteiger partial charge in [0.15, 0.2) is 6.29 Å². The van der Waals surface area contributed by atoms with Gasteiger partial charge in [-0.1, -0.05) is 51.0 Å². The Kier molecular flexibility index (Phi) is 10.6.